The second kappa shape index (κ2) is 12.8. The van der Waals surface area contributed by atoms with E-state index in [-0.39, 0.29) is 13.1 Å². The topological polar surface area (TPSA) is 125 Å². The van der Waals surface area contributed by atoms with Crippen LogP contribution < -0.4 is 10.6 Å². The molecule has 2 N–H and O–H groups in total. The predicted octanol–water partition coefficient (Wildman–Crippen LogP) is 2.97. The van der Waals surface area contributed by atoms with Crippen LogP contribution >= 0.6 is 0 Å². The lowest BCUT2D eigenvalue weighted by atomic mass is 9.87. The zero-order valence-corrected chi connectivity index (χ0v) is 20.9. The minimum atomic E-state index is -0.883. The number of aliphatic imine (C=N–C) groups is 4. The Balaban J connectivity index is 1.40. The molecule has 0 aliphatic carbocycles. The molecule has 192 valence electrons. The summed E-state index contributed by atoms with van der Waals surface area (Å²) in [5, 5.41) is 9.65. The molecule has 4 heterocycles. The van der Waals surface area contributed by atoms with E-state index in [0.717, 1.165) is 50.3 Å². The van der Waals surface area contributed by atoms with Gasteiger partial charge < -0.3 is 15.4 Å². The summed E-state index contributed by atoms with van der Waals surface area (Å²) in [5.41, 5.74) is 8.45. The molecule has 2 fully saturated rings. The Morgan fingerprint density at radius 2 is 2.22 bits per heavy atom. The maximum absolute atomic E-state index is 13.6. The molecule has 0 spiro atoms. The van der Waals surface area contributed by atoms with E-state index in [1.807, 2.05) is 4.90 Å². The molecule has 4 rings (SSSR count). The van der Waals surface area contributed by atoms with Crippen molar-refractivity contribution < 1.29 is 9.13 Å². The van der Waals surface area contributed by atoms with Gasteiger partial charge in [-0.25, -0.2) is 24.4 Å². The van der Waals surface area contributed by atoms with Crippen LogP contribution in [0.5, 0.6) is 0 Å². The first-order valence-electron chi connectivity index (χ1n) is 12.8. The molecule has 1 aromatic rings. The number of pyridine rings is 1. The number of nitriles is 1. The second-order valence-corrected chi connectivity index (χ2v) is 9.57. The molecule has 0 saturated carbocycles. The van der Waals surface area contributed by atoms with Crippen LogP contribution in [-0.2, 0) is 4.74 Å². The van der Waals surface area contributed by atoms with Crippen LogP contribution in [0.15, 0.2) is 32.2 Å². The Morgan fingerprint density at radius 3 is 3.00 bits per heavy atom. The van der Waals surface area contributed by atoms with Crippen molar-refractivity contribution in [2.75, 3.05) is 44.3 Å². The van der Waals surface area contributed by atoms with Crippen molar-refractivity contribution >= 4 is 29.7 Å². The van der Waals surface area contributed by atoms with Crippen molar-refractivity contribution in [3.05, 3.63) is 23.4 Å². The molecule has 2 saturated heterocycles. The SMILES string of the molecule is CC1CCOCCC1CCN=CC(CN)=NC1N=CCC(c2cnc(N3CCC(F)C3)c(C#N)c2)=N1. The van der Waals surface area contributed by atoms with Crippen molar-refractivity contribution in [2.24, 2.45) is 37.5 Å². The smallest absolute Gasteiger partial charge is 0.233 e. The maximum Gasteiger partial charge on any atom is 0.233 e. The summed E-state index contributed by atoms with van der Waals surface area (Å²) in [7, 11) is 0. The number of alkyl halides is 1. The lowest BCUT2D eigenvalue weighted by Gasteiger charge is -2.19. The average Bonchev–Trinajstić information content (AvgIpc) is 3.23. The van der Waals surface area contributed by atoms with Crippen LogP contribution in [0.3, 0.4) is 0 Å². The fourth-order valence-corrected chi connectivity index (χ4v) is 4.83. The van der Waals surface area contributed by atoms with Gasteiger partial charge in [0, 0.05) is 63.5 Å². The van der Waals surface area contributed by atoms with Gasteiger partial charge in [-0.3, -0.25) is 4.99 Å². The maximum atomic E-state index is 13.6. The van der Waals surface area contributed by atoms with E-state index in [1.165, 1.54) is 0 Å². The molecule has 4 atom stereocenters. The van der Waals surface area contributed by atoms with Crippen LogP contribution in [0, 0.1) is 23.2 Å². The standard InChI is InChI=1S/C26H35FN8O/c1-18-5-10-36-11-6-19(18)2-7-30-16-23(14-29)33-26-31-8-3-24(34-26)21-12-20(13-28)25(32-15-21)35-9-4-22(27)17-35/h8,12,15-16,18-19,22,26H,2-7,9-11,14,17,29H2,1H3. The molecular weight excluding hydrogens is 459 g/mol. The van der Waals surface area contributed by atoms with Gasteiger partial charge in [-0.05, 0) is 43.6 Å². The number of halogens is 1. The molecular formula is C26H35FN8O. The summed E-state index contributed by atoms with van der Waals surface area (Å²) < 4.78 is 19.2. The summed E-state index contributed by atoms with van der Waals surface area (Å²) in [6, 6.07) is 3.96. The fraction of sp³-hybridized carbons (Fsp3) is 0.615. The molecule has 0 bridgehead atoms. The Bertz CT molecular complexity index is 1060. The van der Waals surface area contributed by atoms with Crippen molar-refractivity contribution in [1.82, 2.24) is 4.98 Å². The van der Waals surface area contributed by atoms with Crippen LogP contribution in [0.4, 0.5) is 10.2 Å². The van der Waals surface area contributed by atoms with E-state index >= 15 is 0 Å². The largest absolute Gasteiger partial charge is 0.381 e. The van der Waals surface area contributed by atoms with Crippen molar-refractivity contribution in [2.45, 2.75) is 51.5 Å². The molecule has 1 aromatic heterocycles. The molecule has 10 heteroatoms. The number of rotatable bonds is 8. The number of hydrogen-bond acceptors (Lipinski definition) is 9. The predicted molar refractivity (Wildman–Crippen MR) is 141 cm³/mol. The number of aromatic nitrogens is 1. The minimum Gasteiger partial charge on any atom is -0.381 e. The summed E-state index contributed by atoms with van der Waals surface area (Å²) in [5.74, 6) is 1.80. The Morgan fingerprint density at radius 1 is 1.36 bits per heavy atom. The van der Waals surface area contributed by atoms with E-state index in [0.29, 0.717) is 48.3 Å². The van der Waals surface area contributed by atoms with Crippen molar-refractivity contribution in [1.29, 1.82) is 5.26 Å². The molecule has 9 nitrogen and oxygen atoms in total. The van der Waals surface area contributed by atoms with Gasteiger partial charge in [-0.15, -0.1) is 0 Å². The first kappa shape index (κ1) is 26.0. The van der Waals surface area contributed by atoms with Crippen LogP contribution in [-0.4, -0.2) is 80.7 Å². The van der Waals surface area contributed by atoms with E-state index in [1.54, 1.807) is 24.7 Å². The van der Waals surface area contributed by atoms with Crippen molar-refractivity contribution in [3.63, 3.8) is 0 Å². The zero-order valence-electron chi connectivity index (χ0n) is 20.9. The van der Waals surface area contributed by atoms with Gasteiger partial charge in [0.15, 0.2) is 0 Å². The molecule has 36 heavy (non-hydrogen) atoms. The zero-order chi connectivity index (χ0) is 25.3. The van der Waals surface area contributed by atoms with E-state index in [9.17, 15) is 9.65 Å². The Labute approximate surface area is 212 Å². The van der Waals surface area contributed by atoms with Gasteiger partial charge in [0.1, 0.15) is 18.1 Å². The van der Waals surface area contributed by atoms with Gasteiger partial charge >= 0.3 is 0 Å². The minimum absolute atomic E-state index is 0.244. The number of nitrogens with two attached hydrogens (primary N) is 1. The summed E-state index contributed by atoms with van der Waals surface area (Å²) in [6.45, 7) is 5.78. The van der Waals surface area contributed by atoms with E-state index in [4.69, 9.17) is 10.5 Å². The first-order valence-corrected chi connectivity index (χ1v) is 12.8. The Kier molecular flexibility index (Phi) is 9.25. The fourth-order valence-electron chi connectivity index (χ4n) is 4.83. The van der Waals surface area contributed by atoms with Crippen molar-refractivity contribution in [3.8, 4) is 6.07 Å². The van der Waals surface area contributed by atoms with Gasteiger partial charge in [-0.2, -0.15) is 5.26 Å². The quantitative estimate of drug-likeness (QED) is 0.556. The number of hydrogen-bond donors (Lipinski definition) is 1. The number of anilines is 1. The van der Waals surface area contributed by atoms with Crippen LogP contribution in [0.2, 0.25) is 0 Å². The molecule has 3 aliphatic heterocycles. The number of nitrogens with zero attached hydrogens (tertiary/aromatic N) is 7. The highest BCUT2D eigenvalue weighted by Crippen LogP contribution is 2.26. The van der Waals surface area contributed by atoms with Crippen LogP contribution in [0.25, 0.3) is 0 Å². The third-order valence-corrected chi connectivity index (χ3v) is 7.06. The number of ether oxygens (including phenoxy) is 1. The summed E-state index contributed by atoms with van der Waals surface area (Å²) in [4.78, 5) is 24.5. The lowest BCUT2D eigenvalue weighted by molar-refractivity contribution is 0.140. The normalized spacial score (nSPS) is 27.2. The monoisotopic (exact) mass is 494 g/mol. The molecule has 4 unspecified atom stereocenters. The highest BCUT2D eigenvalue weighted by Gasteiger charge is 2.25. The highest BCUT2D eigenvalue weighted by molar-refractivity contribution is 6.31. The van der Waals surface area contributed by atoms with Gasteiger partial charge in [-0.1, -0.05) is 6.92 Å². The second-order valence-electron chi connectivity index (χ2n) is 9.57. The summed E-state index contributed by atoms with van der Waals surface area (Å²) in [6.07, 6.45) is 7.85. The Hall–Kier alpha value is -3.03. The summed E-state index contributed by atoms with van der Waals surface area (Å²) >= 11 is 0. The third kappa shape index (κ3) is 6.80. The first-order chi connectivity index (χ1) is 17.6. The molecule has 0 aromatic carbocycles. The lowest BCUT2D eigenvalue weighted by Crippen LogP contribution is -2.23. The third-order valence-electron chi connectivity index (χ3n) is 7.06. The van der Waals surface area contributed by atoms with Gasteiger partial charge in [0.05, 0.1) is 23.5 Å². The van der Waals surface area contributed by atoms with Gasteiger partial charge in [0.25, 0.3) is 0 Å². The van der Waals surface area contributed by atoms with Crippen LogP contribution in [0.1, 0.15) is 50.2 Å². The molecule has 0 amide bonds. The van der Waals surface area contributed by atoms with E-state index in [2.05, 4.69) is 37.9 Å². The molecule has 0 radical (unpaired) electrons. The van der Waals surface area contributed by atoms with E-state index < -0.39 is 12.5 Å². The van der Waals surface area contributed by atoms with Gasteiger partial charge in [0.2, 0.25) is 6.29 Å². The average molecular weight is 495 g/mol. The molecule has 3 aliphatic rings. The highest BCUT2D eigenvalue weighted by atomic mass is 19.1.